The first-order valence-electron chi connectivity index (χ1n) is 8.87. The Bertz CT molecular complexity index is 1260. The number of halogens is 1. The van der Waals surface area contributed by atoms with Crippen molar-refractivity contribution in [2.45, 2.75) is 26.3 Å². The Hall–Kier alpha value is -3.19. The third-order valence-corrected chi connectivity index (χ3v) is 4.70. The number of hydrogen-bond acceptors (Lipinski definition) is 4. The number of para-hydroxylation sites is 2. The summed E-state index contributed by atoms with van der Waals surface area (Å²) < 4.78 is 3.19. The highest BCUT2D eigenvalue weighted by Crippen LogP contribution is 2.20. The molecule has 0 fully saturated rings. The van der Waals surface area contributed by atoms with Gasteiger partial charge in [0.15, 0.2) is 0 Å². The molecule has 0 aliphatic carbocycles. The molecule has 0 aliphatic rings. The maximum atomic E-state index is 13.1. The lowest BCUT2D eigenvalue weighted by molar-refractivity contribution is -0.116. The van der Waals surface area contributed by atoms with Crippen LogP contribution in [0.15, 0.2) is 53.3 Å². The van der Waals surface area contributed by atoms with Crippen molar-refractivity contribution in [3.8, 4) is 0 Å². The number of nitrogens with zero attached hydrogens (tertiary/aromatic N) is 4. The summed E-state index contributed by atoms with van der Waals surface area (Å²) in [5.74, 6) is 0.473. The molecule has 0 bridgehead atoms. The van der Waals surface area contributed by atoms with Crippen LogP contribution in [0.2, 0.25) is 5.02 Å². The Labute approximate surface area is 165 Å². The third-order valence-electron chi connectivity index (χ3n) is 4.46. The van der Waals surface area contributed by atoms with Crippen LogP contribution in [0, 0.1) is 0 Å². The van der Waals surface area contributed by atoms with Crippen molar-refractivity contribution in [3.05, 3.63) is 69.7 Å². The monoisotopic (exact) mass is 395 g/mol. The van der Waals surface area contributed by atoms with Crippen LogP contribution in [0.4, 0.5) is 5.69 Å². The predicted octanol–water partition coefficient (Wildman–Crippen LogP) is 3.46. The number of rotatable bonds is 4. The average Bonchev–Trinajstić information content (AvgIpc) is 3.11. The molecule has 0 aliphatic heterocycles. The molecule has 0 radical (unpaired) electrons. The van der Waals surface area contributed by atoms with Gasteiger partial charge in [0.2, 0.25) is 11.6 Å². The highest BCUT2D eigenvalue weighted by molar-refractivity contribution is 6.30. The summed E-state index contributed by atoms with van der Waals surface area (Å²) in [6.45, 7) is 3.84. The smallest absolute Gasteiger partial charge is 0.297 e. The summed E-state index contributed by atoms with van der Waals surface area (Å²) >= 11 is 5.96. The minimum Gasteiger partial charge on any atom is -0.324 e. The molecule has 0 spiro atoms. The molecule has 8 heteroatoms. The fraction of sp³-hybridized carbons (Fsp3) is 0.200. The van der Waals surface area contributed by atoms with Crippen LogP contribution in [-0.4, -0.2) is 25.1 Å². The van der Waals surface area contributed by atoms with Crippen LogP contribution in [0.3, 0.4) is 0 Å². The van der Waals surface area contributed by atoms with Gasteiger partial charge in [-0.3, -0.25) is 18.6 Å². The van der Waals surface area contributed by atoms with Crippen LogP contribution in [0.1, 0.15) is 25.6 Å². The molecule has 28 heavy (non-hydrogen) atoms. The first kappa shape index (κ1) is 18.2. The molecular formula is C20H18ClN5O2. The number of carbonyl (C=O) groups excluding carboxylic acids is 1. The molecule has 1 N–H and O–H groups in total. The second-order valence-electron chi connectivity index (χ2n) is 6.81. The molecule has 4 aromatic rings. The number of aromatic nitrogens is 4. The first-order valence-corrected chi connectivity index (χ1v) is 9.25. The van der Waals surface area contributed by atoms with E-state index in [1.54, 1.807) is 28.7 Å². The minimum absolute atomic E-state index is 0.0970. The summed E-state index contributed by atoms with van der Waals surface area (Å²) in [6.07, 6.45) is 0. The number of carbonyl (C=O) groups is 1. The molecule has 4 rings (SSSR count). The molecular weight excluding hydrogens is 378 g/mol. The Morgan fingerprint density at radius 1 is 1.11 bits per heavy atom. The lowest BCUT2D eigenvalue weighted by atomic mass is 10.2. The van der Waals surface area contributed by atoms with Crippen LogP contribution >= 0.6 is 11.6 Å². The zero-order valence-electron chi connectivity index (χ0n) is 15.4. The molecule has 2 aromatic heterocycles. The molecule has 142 valence electrons. The molecule has 2 heterocycles. The number of anilines is 1. The van der Waals surface area contributed by atoms with Gasteiger partial charge in [-0.1, -0.05) is 43.6 Å². The molecule has 0 unspecified atom stereocenters. The largest absolute Gasteiger partial charge is 0.324 e. The normalized spacial score (nSPS) is 11.4. The topological polar surface area (TPSA) is 81.3 Å². The Balaban J connectivity index is 1.81. The lowest BCUT2D eigenvalue weighted by Crippen LogP contribution is -2.29. The molecule has 0 saturated heterocycles. The van der Waals surface area contributed by atoms with E-state index in [-0.39, 0.29) is 29.6 Å². The molecule has 1 amide bonds. The number of nitrogens with one attached hydrogen (secondary N) is 1. The second-order valence-corrected chi connectivity index (χ2v) is 7.25. The Kier molecular flexibility index (Phi) is 4.60. The van der Waals surface area contributed by atoms with E-state index in [1.165, 1.54) is 4.57 Å². The molecule has 2 aromatic carbocycles. The van der Waals surface area contributed by atoms with Crippen molar-refractivity contribution < 1.29 is 4.79 Å². The van der Waals surface area contributed by atoms with E-state index in [0.717, 1.165) is 5.52 Å². The van der Waals surface area contributed by atoms with E-state index in [9.17, 15) is 9.59 Å². The van der Waals surface area contributed by atoms with Crippen molar-refractivity contribution in [1.29, 1.82) is 0 Å². The van der Waals surface area contributed by atoms with E-state index >= 15 is 0 Å². The fourth-order valence-electron chi connectivity index (χ4n) is 3.23. The standard InChI is InChI=1S/C20H18ClN5O2/c1-12(2)18-23-24-19-20(28)25(15-8-3-4-9-16(15)26(18)19)11-17(27)22-14-7-5-6-13(21)10-14/h3-10,12H,11H2,1-2H3,(H,22,27). The van der Waals surface area contributed by atoms with Crippen molar-refractivity contribution in [3.63, 3.8) is 0 Å². The highest BCUT2D eigenvalue weighted by atomic mass is 35.5. The van der Waals surface area contributed by atoms with Gasteiger partial charge in [-0.2, -0.15) is 0 Å². The van der Waals surface area contributed by atoms with Gasteiger partial charge >= 0.3 is 0 Å². The highest BCUT2D eigenvalue weighted by Gasteiger charge is 2.19. The lowest BCUT2D eigenvalue weighted by Gasteiger charge is -2.13. The number of fused-ring (bicyclic) bond motifs is 3. The van der Waals surface area contributed by atoms with Gasteiger partial charge in [-0.05, 0) is 30.3 Å². The zero-order valence-corrected chi connectivity index (χ0v) is 16.1. The Morgan fingerprint density at radius 2 is 1.86 bits per heavy atom. The van der Waals surface area contributed by atoms with E-state index in [2.05, 4.69) is 15.5 Å². The maximum Gasteiger partial charge on any atom is 0.297 e. The van der Waals surface area contributed by atoms with Gasteiger partial charge in [-0.15, -0.1) is 10.2 Å². The maximum absolute atomic E-state index is 13.1. The first-order chi connectivity index (χ1) is 13.5. The van der Waals surface area contributed by atoms with Crippen LogP contribution < -0.4 is 10.9 Å². The van der Waals surface area contributed by atoms with Crippen molar-refractivity contribution in [1.82, 2.24) is 19.2 Å². The predicted molar refractivity (Wildman–Crippen MR) is 109 cm³/mol. The molecule has 0 saturated carbocycles. The Morgan fingerprint density at radius 3 is 2.57 bits per heavy atom. The summed E-state index contributed by atoms with van der Waals surface area (Å²) in [5.41, 5.74) is 1.84. The SMILES string of the molecule is CC(C)c1nnc2c(=O)n(CC(=O)Nc3cccc(Cl)c3)c3ccccc3n12. The summed E-state index contributed by atoms with van der Waals surface area (Å²) in [6, 6.07) is 14.3. The van der Waals surface area contributed by atoms with Gasteiger partial charge in [0.25, 0.3) is 5.56 Å². The fourth-order valence-corrected chi connectivity index (χ4v) is 3.42. The summed E-state index contributed by atoms with van der Waals surface area (Å²) in [5, 5.41) is 11.6. The quantitative estimate of drug-likeness (QED) is 0.573. The number of benzene rings is 2. The summed E-state index contributed by atoms with van der Waals surface area (Å²) in [7, 11) is 0. The van der Waals surface area contributed by atoms with E-state index < -0.39 is 0 Å². The van der Waals surface area contributed by atoms with Gasteiger partial charge in [0.1, 0.15) is 12.4 Å². The number of hydrogen-bond donors (Lipinski definition) is 1. The van der Waals surface area contributed by atoms with Crippen LogP contribution in [-0.2, 0) is 11.3 Å². The van der Waals surface area contributed by atoms with Crippen molar-refractivity contribution >= 4 is 39.9 Å². The zero-order chi connectivity index (χ0) is 19.8. The summed E-state index contributed by atoms with van der Waals surface area (Å²) in [4.78, 5) is 25.6. The van der Waals surface area contributed by atoms with Gasteiger partial charge in [-0.25, -0.2) is 0 Å². The molecule has 7 nitrogen and oxygen atoms in total. The van der Waals surface area contributed by atoms with Crippen LogP contribution in [0.5, 0.6) is 0 Å². The van der Waals surface area contributed by atoms with Crippen LogP contribution in [0.25, 0.3) is 16.7 Å². The van der Waals surface area contributed by atoms with Gasteiger partial charge in [0, 0.05) is 16.6 Å². The number of amides is 1. The second kappa shape index (κ2) is 7.09. The van der Waals surface area contributed by atoms with Gasteiger partial charge in [0.05, 0.1) is 11.0 Å². The molecule has 0 atom stereocenters. The van der Waals surface area contributed by atoms with E-state index in [0.29, 0.717) is 22.1 Å². The van der Waals surface area contributed by atoms with Crippen molar-refractivity contribution in [2.24, 2.45) is 0 Å². The van der Waals surface area contributed by atoms with Gasteiger partial charge < -0.3 is 5.32 Å². The average molecular weight is 396 g/mol. The van der Waals surface area contributed by atoms with E-state index in [4.69, 9.17) is 11.6 Å². The van der Waals surface area contributed by atoms with E-state index in [1.807, 2.05) is 38.1 Å². The third kappa shape index (κ3) is 3.14. The minimum atomic E-state index is -0.362. The van der Waals surface area contributed by atoms with Crippen molar-refractivity contribution in [2.75, 3.05) is 5.32 Å².